The van der Waals surface area contributed by atoms with E-state index >= 15 is 0 Å². The fraction of sp³-hybridized carbons (Fsp3) is 0.600. The molecule has 0 heterocycles. The molecule has 0 saturated heterocycles. The standard InChI is InChI=1S/C10H16O2/c1-7(5-9(3)12)10(4)8(2)6-11/h6-7H,5H2,1-4H3/b10-8-/t7-/m0/s1. The lowest BCUT2D eigenvalue weighted by molar-refractivity contribution is -0.117. The first kappa shape index (κ1) is 11.1. The molecule has 0 aliphatic rings. The van der Waals surface area contributed by atoms with Crippen LogP contribution in [0, 0.1) is 5.92 Å². The van der Waals surface area contributed by atoms with Gasteiger partial charge in [-0.2, -0.15) is 0 Å². The Morgan fingerprint density at radius 3 is 2.17 bits per heavy atom. The normalized spacial score (nSPS) is 15.0. The number of carbonyl (C=O) groups is 2. The number of rotatable bonds is 4. The van der Waals surface area contributed by atoms with E-state index in [0.29, 0.717) is 6.42 Å². The molecule has 0 unspecified atom stereocenters. The first-order chi connectivity index (χ1) is 5.49. The average Bonchev–Trinajstić information content (AvgIpc) is 2.00. The Morgan fingerprint density at radius 1 is 1.33 bits per heavy atom. The van der Waals surface area contributed by atoms with Gasteiger partial charge in [0, 0.05) is 6.42 Å². The molecule has 0 aromatic heterocycles. The molecule has 0 aliphatic heterocycles. The highest BCUT2D eigenvalue weighted by Gasteiger charge is 2.08. The summed E-state index contributed by atoms with van der Waals surface area (Å²) in [5.41, 5.74) is 1.75. The summed E-state index contributed by atoms with van der Waals surface area (Å²) in [7, 11) is 0. The minimum Gasteiger partial charge on any atom is -0.300 e. The van der Waals surface area contributed by atoms with Crippen LogP contribution in [0.15, 0.2) is 11.1 Å². The zero-order valence-corrected chi connectivity index (χ0v) is 8.18. The van der Waals surface area contributed by atoms with Crippen molar-refractivity contribution in [1.82, 2.24) is 0 Å². The lowest BCUT2D eigenvalue weighted by Crippen LogP contribution is -2.04. The molecule has 2 heteroatoms. The number of ketones is 1. The molecular formula is C10H16O2. The van der Waals surface area contributed by atoms with Gasteiger partial charge in [-0.05, 0) is 32.3 Å². The molecular weight excluding hydrogens is 152 g/mol. The van der Waals surface area contributed by atoms with Crippen LogP contribution in [0.25, 0.3) is 0 Å². The van der Waals surface area contributed by atoms with Crippen LogP contribution < -0.4 is 0 Å². The fourth-order valence-electron chi connectivity index (χ4n) is 1.07. The van der Waals surface area contributed by atoms with Gasteiger partial charge in [-0.15, -0.1) is 0 Å². The summed E-state index contributed by atoms with van der Waals surface area (Å²) in [4.78, 5) is 21.2. The first-order valence-electron chi connectivity index (χ1n) is 4.11. The molecule has 2 nitrogen and oxygen atoms in total. The minimum atomic E-state index is 0.167. The van der Waals surface area contributed by atoms with Gasteiger partial charge in [-0.3, -0.25) is 4.79 Å². The van der Waals surface area contributed by atoms with Crippen LogP contribution >= 0.6 is 0 Å². The molecule has 0 aliphatic carbocycles. The van der Waals surface area contributed by atoms with Crippen LogP contribution in [0.5, 0.6) is 0 Å². The molecule has 0 aromatic carbocycles. The second kappa shape index (κ2) is 4.86. The quantitative estimate of drug-likeness (QED) is 0.476. The summed E-state index contributed by atoms with van der Waals surface area (Å²) >= 11 is 0. The average molecular weight is 168 g/mol. The van der Waals surface area contributed by atoms with Gasteiger partial charge >= 0.3 is 0 Å². The van der Waals surface area contributed by atoms with Gasteiger partial charge in [0.2, 0.25) is 0 Å². The number of hydrogen-bond donors (Lipinski definition) is 0. The summed E-state index contributed by atoms with van der Waals surface area (Å²) in [6.07, 6.45) is 1.36. The molecule has 1 atom stereocenters. The number of aldehydes is 1. The molecule has 0 rings (SSSR count). The first-order valence-corrected chi connectivity index (χ1v) is 4.11. The molecule has 68 valence electrons. The third-order valence-electron chi connectivity index (χ3n) is 2.13. The Kier molecular flexibility index (Phi) is 4.49. The van der Waals surface area contributed by atoms with Gasteiger partial charge in [0.05, 0.1) is 0 Å². The van der Waals surface area contributed by atoms with E-state index in [1.54, 1.807) is 13.8 Å². The molecule has 0 saturated carbocycles. The zero-order valence-electron chi connectivity index (χ0n) is 8.18. The maximum atomic E-state index is 10.8. The van der Waals surface area contributed by atoms with Crippen LogP contribution in [0.4, 0.5) is 0 Å². The number of allylic oxidation sites excluding steroid dienone is 2. The number of carbonyl (C=O) groups excluding carboxylic acids is 2. The predicted molar refractivity (Wildman–Crippen MR) is 48.9 cm³/mol. The van der Waals surface area contributed by atoms with Crippen molar-refractivity contribution in [3.05, 3.63) is 11.1 Å². The molecule has 0 N–H and O–H groups in total. The van der Waals surface area contributed by atoms with Gasteiger partial charge in [0.25, 0.3) is 0 Å². The largest absolute Gasteiger partial charge is 0.300 e. The van der Waals surface area contributed by atoms with Gasteiger partial charge in [-0.25, -0.2) is 0 Å². The van der Waals surface area contributed by atoms with Crippen molar-refractivity contribution >= 4 is 12.1 Å². The van der Waals surface area contributed by atoms with Crippen LogP contribution in [0.3, 0.4) is 0 Å². The summed E-state index contributed by atoms with van der Waals surface area (Å²) in [5.74, 6) is 0.355. The van der Waals surface area contributed by atoms with E-state index in [2.05, 4.69) is 0 Å². The molecule has 0 aromatic rings. The van der Waals surface area contributed by atoms with E-state index in [-0.39, 0.29) is 11.7 Å². The molecule has 12 heavy (non-hydrogen) atoms. The number of Topliss-reactive ketones (excluding diaryl/α,β-unsaturated/α-hetero) is 1. The van der Waals surface area contributed by atoms with Crippen LogP contribution in [0.1, 0.15) is 34.1 Å². The predicted octanol–water partition coefficient (Wildman–Crippen LogP) is 2.14. The summed E-state index contributed by atoms with van der Waals surface area (Å²) < 4.78 is 0. The highest BCUT2D eigenvalue weighted by Crippen LogP contribution is 2.16. The van der Waals surface area contributed by atoms with Crippen molar-refractivity contribution in [3.63, 3.8) is 0 Å². The highest BCUT2D eigenvalue weighted by atomic mass is 16.1. The number of hydrogen-bond acceptors (Lipinski definition) is 2. The van der Waals surface area contributed by atoms with E-state index in [1.165, 1.54) is 0 Å². The molecule has 0 amide bonds. The van der Waals surface area contributed by atoms with Crippen LogP contribution in [-0.4, -0.2) is 12.1 Å². The van der Waals surface area contributed by atoms with E-state index in [9.17, 15) is 9.59 Å². The monoisotopic (exact) mass is 168 g/mol. The fourth-order valence-corrected chi connectivity index (χ4v) is 1.07. The smallest absolute Gasteiger partial charge is 0.145 e. The van der Waals surface area contributed by atoms with Crippen molar-refractivity contribution in [1.29, 1.82) is 0 Å². The van der Waals surface area contributed by atoms with Crippen molar-refractivity contribution in [2.75, 3.05) is 0 Å². The summed E-state index contributed by atoms with van der Waals surface area (Å²) in [6.45, 7) is 7.21. The summed E-state index contributed by atoms with van der Waals surface area (Å²) in [6, 6.07) is 0. The lowest BCUT2D eigenvalue weighted by atomic mass is 9.94. The second-order valence-corrected chi connectivity index (χ2v) is 3.29. The van der Waals surface area contributed by atoms with E-state index < -0.39 is 0 Å². The van der Waals surface area contributed by atoms with E-state index in [0.717, 1.165) is 17.4 Å². The minimum absolute atomic E-state index is 0.167. The molecule has 0 spiro atoms. The van der Waals surface area contributed by atoms with Crippen LogP contribution in [-0.2, 0) is 9.59 Å². The molecule has 0 radical (unpaired) electrons. The van der Waals surface area contributed by atoms with Gasteiger partial charge in [0.1, 0.15) is 12.1 Å². The van der Waals surface area contributed by atoms with Crippen molar-refractivity contribution in [2.24, 2.45) is 5.92 Å². The van der Waals surface area contributed by atoms with Crippen LogP contribution in [0.2, 0.25) is 0 Å². The Hall–Kier alpha value is -0.920. The highest BCUT2D eigenvalue weighted by molar-refractivity contribution is 5.77. The Morgan fingerprint density at radius 2 is 1.83 bits per heavy atom. The third-order valence-corrected chi connectivity index (χ3v) is 2.13. The summed E-state index contributed by atoms with van der Waals surface area (Å²) in [5, 5.41) is 0. The molecule has 0 fully saturated rings. The Balaban J connectivity index is 4.37. The maximum absolute atomic E-state index is 10.8. The Bertz CT molecular complexity index is 214. The van der Waals surface area contributed by atoms with E-state index in [1.807, 2.05) is 13.8 Å². The topological polar surface area (TPSA) is 34.1 Å². The lowest BCUT2D eigenvalue weighted by Gasteiger charge is -2.10. The van der Waals surface area contributed by atoms with Gasteiger partial charge < -0.3 is 4.79 Å². The Labute approximate surface area is 73.7 Å². The van der Waals surface area contributed by atoms with Crippen molar-refractivity contribution < 1.29 is 9.59 Å². The van der Waals surface area contributed by atoms with Crippen molar-refractivity contribution in [3.8, 4) is 0 Å². The third kappa shape index (κ3) is 3.46. The van der Waals surface area contributed by atoms with Gasteiger partial charge in [-0.1, -0.05) is 12.5 Å². The van der Waals surface area contributed by atoms with E-state index in [4.69, 9.17) is 0 Å². The second-order valence-electron chi connectivity index (χ2n) is 3.29. The zero-order chi connectivity index (χ0) is 9.72. The molecule has 0 bridgehead atoms. The maximum Gasteiger partial charge on any atom is 0.145 e. The van der Waals surface area contributed by atoms with Crippen molar-refractivity contribution in [2.45, 2.75) is 34.1 Å². The van der Waals surface area contributed by atoms with Gasteiger partial charge in [0.15, 0.2) is 0 Å². The SMILES string of the molecule is CC(=O)C[C@H](C)/C(C)=C(/C)C=O.